The molecule has 0 heterocycles. The third-order valence-electron chi connectivity index (χ3n) is 1.92. The fourth-order valence-corrected chi connectivity index (χ4v) is 0.980. The Bertz CT molecular complexity index is 146. The maximum atomic E-state index is 3.04. The monoisotopic (exact) mass is 189 g/mol. The molecule has 1 atom stereocenters. The van der Waals surface area contributed by atoms with Gasteiger partial charge < -0.3 is 4.90 Å². The van der Waals surface area contributed by atoms with Gasteiger partial charge in [-0.2, -0.15) is 0 Å². The number of unbranched alkanes of at least 4 members (excludes halogenated alkanes) is 1. The summed E-state index contributed by atoms with van der Waals surface area (Å²) in [6.45, 7) is 6.32. The predicted molar refractivity (Wildman–Crippen MR) is 57.4 cm³/mol. The van der Waals surface area contributed by atoms with E-state index in [1.165, 1.54) is 19.3 Å². The largest absolute Gasteiger partial charge is 0.333 e. The highest BCUT2D eigenvalue weighted by Crippen LogP contribution is 2.04. The third-order valence-corrected chi connectivity index (χ3v) is 1.92. The van der Waals surface area contributed by atoms with Crippen molar-refractivity contribution in [1.82, 2.24) is 4.90 Å². The standard InChI is InChI=1S/C10H19N.ClH/c1-5-7-8-10(3)11(4)9-6-2;/h10H,5,7-8H2,1-4H3;1H. The molecule has 0 rings (SSSR count). The summed E-state index contributed by atoms with van der Waals surface area (Å²) >= 11 is 0. The molecule has 0 aromatic heterocycles. The molecule has 1 unspecified atom stereocenters. The van der Waals surface area contributed by atoms with Crippen molar-refractivity contribution in [2.75, 3.05) is 7.05 Å². The topological polar surface area (TPSA) is 3.24 Å². The van der Waals surface area contributed by atoms with Gasteiger partial charge in [0.25, 0.3) is 0 Å². The highest BCUT2D eigenvalue weighted by molar-refractivity contribution is 5.85. The van der Waals surface area contributed by atoms with Crippen molar-refractivity contribution >= 4 is 12.4 Å². The van der Waals surface area contributed by atoms with Gasteiger partial charge in [0.1, 0.15) is 0 Å². The van der Waals surface area contributed by atoms with Crippen LogP contribution in [0.1, 0.15) is 40.0 Å². The van der Waals surface area contributed by atoms with Crippen molar-refractivity contribution in [1.29, 1.82) is 0 Å². The van der Waals surface area contributed by atoms with Gasteiger partial charge in [-0.05, 0) is 20.3 Å². The van der Waals surface area contributed by atoms with Crippen molar-refractivity contribution in [2.24, 2.45) is 0 Å². The second kappa shape index (κ2) is 8.74. The van der Waals surface area contributed by atoms with Gasteiger partial charge in [0, 0.05) is 19.1 Å². The van der Waals surface area contributed by atoms with E-state index in [9.17, 15) is 0 Å². The van der Waals surface area contributed by atoms with Crippen LogP contribution in [0.2, 0.25) is 0 Å². The highest BCUT2D eigenvalue weighted by Gasteiger charge is 2.03. The highest BCUT2D eigenvalue weighted by atomic mass is 35.5. The lowest BCUT2D eigenvalue weighted by Crippen LogP contribution is -2.23. The van der Waals surface area contributed by atoms with E-state index in [4.69, 9.17) is 0 Å². The summed E-state index contributed by atoms with van der Waals surface area (Å²) < 4.78 is 0. The number of halogens is 1. The van der Waals surface area contributed by atoms with Gasteiger partial charge in [-0.15, -0.1) is 12.4 Å². The van der Waals surface area contributed by atoms with Crippen molar-refractivity contribution in [3.8, 4) is 12.0 Å². The molecule has 0 aromatic rings. The van der Waals surface area contributed by atoms with E-state index in [1.54, 1.807) is 0 Å². The number of hydrogen-bond acceptors (Lipinski definition) is 1. The minimum absolute atomic E-state index is 0. The van der Waals surface area contributed by atoms with E-state index in [0.717, 1.165) is 0 Å². The fraction of sp³-hybridized carbons (Fsp3) is 0.800. The summed E-state index contributed by atoms with van der Waals surface area (Å²) in [4.78, 5) is 2.09. The van der Waals surface area contributed by atoms with E-state index < -0.39 is 0 Å². The Morgan fingerprint density at radius 1 is 1.42 bits per heavy atom. The maximum Gasteiger partial charge on any atom is 0.0339 e. The Labute approximate surface area is 82.9 Å². The van der Waals surface area contributed by atoms with Crippen LogP contribution in [-0.4, -0.2) is 18.0 Å². The van der Waals surface area contributed by atoms with E-state index in [-0.39, 0.29) is 12.4 Å². The number of rotatable bonds is 4. The van der Waals surface area contributed by atoms with E-state index in [1.807, 2.05) is 6.92 Å². The molecule has 0 aromatic carbocycles. The summed E-state index contributed by atoms with van der Waals surface area (Å²) in [6.07, 6.45) is 3.83. The zero-order valence-electron chi connectivity index (χ0n) is 8.55. The normalized spacial score (nSPS) is 10.7. The molecule has 0 N–H and O–H groups in total. The molecule has 72 valence electrons. The Morgan fingerprint density at radius 3 is 2.42 bits per heavy atom. The minimum atomic E-state index is 0. The second-order valence-electron chi connectivity index (χ2n) is 2.96. The summed E-state index contributed by atoms with van der Waals surface area (Å²) in [5, 5.41) is 0. The number of nitrogens with zero attached hydrogens (tertiary/aromatic N) is 1. The van der Waals surface area contributed by atoms with Gasteiger partial charge in [0.2, 0.25) is 0 Å². The van der Waals surface area contributed by atoms with E-state index in [0.29, 0.717) is 6.04 Å². The molecular weight excluding hydrogens is 170 g/mol. The predicted octanol–water partition coefficient (Wildman–Crippen LogP) is 2.90. The molecule has 0 radical (unpaired) electrons. The summed E-state index contributed by atoms with van der Waals surface area (Å²) in [6, 6.07) is 3.64. The van der Waals surface area contributed by atoms with Gasteiger partial charge >= 0.3 is 0 Å². The summed E-state index contributed by atoms with van der Waals surface area (Å²) in [7, 11) is 2.05. The first-order valence-electron chi connectivity index (χ1n) is 4.37. The molecule has 0 aliphatic rings. The van der Waals surface area contributed by atoms with Gasteiger partial charge in [-0.3, -0.25) is 0 Å². The van der Waals surface area contributed by atoms with E-state index >= 15 is 0 Å². The quantitative estimate of drug-likeness (QED) is 0.486. The summed E-state index contributed by atoms with van der Waals surface area (Å²) in [5.41, 5.74) is 0. The molecule has 0 fully saturated rings. The molecule has 0 aliphatic heterocycles. The van der Waals surface area contributed by atoms with E-state index in [2.05, 4.69) is 37.8 Å². The molecule has 1 nitrogen and oxygen atoms in total. The first kappa shape index (κ1) is 14.2. The van der Waals surface area contributed by atoms with Crippen LogP contribution in [0.3, 0.4) is 0 Å². The lowest BCUT2D eigenvalue weighted by atomic mass is 10.1. The smallest absolute Gasteiger partial charge is 0.0339 e. The first-order valence-corrected chi connectivity index (χ1v) is 4.37. The van der Waals surface area contributed by atoms with Crippen LogP contribution >= 0.6 is 12.4 Å². The third kappa shape index (κ3) is 6.37. The Balaban J connectivity index is 0. The van der Waals surface area contributed by atoms with Crippen LogP contribution < -0.4 is 0 Å². The van der Waals surface area contributed by atoms with Crippen molar-refractivity contribution in [3.05, 3.63) is 0 Å². The molecule has 0 saturated heterocycles. The molecule has 12 heavy (non-hydrogen) atoms. The van der Waals surface area contributed by atoms with Crippen LogP contribution in [0.4, 0.5) is 0 Å². The van der Waals surface area contributed by atoms with Crippen LogP contribution in [0.25, 0.3) is 0 Å². The van der Waals surface area contributed by atoms with Gasteiger partial charge in [-0.1, -0.05) is 25.7 Å². The van der Waals surface area contributed by atoms with Crippen LogP contribution in [0, 0.1) is 12.0 Å². The zero-order chi connectivity index (χ0) is 8.69. The Morgan fingerprint density at radius 2 is 2.00 bits per heavy atom. The van der Waals surface area contributed by atoms with Crippen LogP contribution in [0.15, 0.2) is 0 Å². The zero-order valence-corrected chi connectivity index (χ0v) is 9.37. The van der Waals surface area contributed by atoms with Crippen molar-refractivity contribution in [2.45, 2.75) is 46.1 Å². The average Bonchev–Trinajstić information content (AvgIpc) is 2.00. The Hall–Kier alpha value is -0.350. The molecule has 0 bridgehead atoms. The molecule has 0 saturated carbocycles. The summed E-state index contributed by atoms with van der Waals surface area (Å²) in [5.74, 6) is 2.90. The lowest BCUT2D eigenvalue weighted by Gasteiger charge is -2.19. The van der Waals surface area contributed by atoms with Gasteiger partial charge in [0.05, 0.1) is 0 Å². The Kier molecular flexibility index (Phi) is 10.3. The van der Waals surface area contributed by atoms with Crippen molar-refractivity contribution < 1.29 is 0 Å². The second-order valence-corrected chi connectivity index (χ2v) is 2.96. The average molecular weight is 190 g/mol. The maximum absolute atomic E-state index is 3.04. The van der Waals surface area contributed by atoms with Crippen LogP contribution in [0.5, 0.6) is 0 Å². The van der Waals surface area contributed by atoms with Gasteiger partial charge in [0.15, 0.2) is 0 Å². The minimum Gasteiger partial charge on any atom is -0.333 e. The first-order chi connectivity index (χ1) is 5.22. The molecular formula is C10H20ClN. The molecule has 0 spiro atoms. The van der Waals surface area contributed by atoms with Gasteiger partial charge in [-0.25, -0.2) is 0 Å². The fourth-order valence-electron chi connectivity index (χ4n) is 0.980. The molecule has 0 amide bonds. The SMILES string of the molecule is CC#CN(C)C(C)CCCC.Cl. The molecule has 2 heteroatoms. The number of hydrogen-bond donors (Lipinski definition) is 0. The van der Waals surface area contributed by atoms with Crippen LogP contribution in [-0.2, 0) is 0 Å². The lowest BCUT2D eigenvalue weighted by molar-refractivity contribution is 0.345. The molecule has 0 aliphatic carbocycles. The van der Waals surface area contributed by atoms with Crippen molar-refractivity contribution in [3.63, 3.8) is 0 Å².